The van der Waals surface area contributed by atoms with E-state index >= 15 is 0 Å². The Morgan fingerprint density at radius 2 is 2.19 bits per heavy atom. The van der Waals surface area contributed by atoms with Crippen LogP contribution in [0.2, 0.25) is 0 Å². The third-order valence-electron chi connectivity index (χ3n) is 2.80. The predicted octanol–water partition coefficient (Wildman–Crippen LogP) is 2.04. The molecule has 0 atom stereocenters. The van der Waals surface area contributed by atoms with Gasteiger partial charge in [-0.1, -0.05) is 5.16 Å². The van der Waals surface area contributed by atoms with Gasteiger partial charge >= 0.3 is 0 Å². The van der Waals surface area contributed by atoms with Gasteiger partial charge in [0.1, 0.15) is 11.5 Å². The summed E-state index contributed by atoms with van der Waals surface area (Å²) in [6.07, 6.45) is 2.13. The highest BCUT2D eigenvalue weighted by atomic mass is 16.5. The van der Waals surface area contributed by atoms with Gasteiger partial charge in [0.15, 0.2) is 0 Å². The Morgan fingerprint density at radius 3 is 2.88 bits per heavy atom. The van der Waals surface area contributed by atoms with E-state index in [0.29, 0.717) is 12.0 Å². The van der Waals surface area contributed by atoms with Crippen LogP contribution in [-0.2, 0) is 6.42 Å². The number of Topliss-reactive ketones (excluding diaryl/α,β-unsaturated/α-hetero) is 1. The van der Waals surface area contributed by atoms with Gasteiger partial charge in [-0.3, -0.25) is 4.79 Å². The maximum Gasteiger partial charge on any atom is 0.210 e. The van der Waals surface area contributed by atoms with Crippen LogP contribution < -0.4 is 4.74 Å². The van der Waals surface area contributed by atoms with Crippen LogP contribution in [0.1, 0.15) is 28.8 Å². The van der Waals surface area contributed by atoms with Gasteiger partial charge in [-0.2, -0.15) is 0 Å². The highest BCUT2D eigenvalue weighted by Gasteiger charge is 2.21. The van der Waals surface area contributed by atoms with Crippen molar-refractivity contribution in [1.29, 1.82) is 0 Å². The summed E-state index contributed by atoms with van der Waals surface area (Å²) in [4.78, 5) is 11.9. The number of nitrogens with zero attached hydrogens (tertiary/aromatic N) is 1. The molecule has 4 heteroatoms. The molecule has 0 bridgehead atoms. The number of benzene rings is 1. The fourth-order valence-corrected chi connectivity index (χ4v) is 1.94. The first-order chi connectivity index (χ1) is 7.76. The topological polar surface area (TPSA) is 58.9 Å². The molecule has 2 rings (SSSR count). The summed E-state index contributed by atoms with van der Waals surface area (Å²) in [5, 5.41) is 11.8. The second-order valence-electron chi connectivity index (χ2n) is 3.75. The maximum absolute atomic E-state index is 11.9. The van der Waals surface area contributed by atoms with Crippen molar-refractivity contribution in [3.05, 3.63) is 29.3 Å². The van der Waals surface area contributed by atoms with E-state index in [2.05, 4.69) is 5.16 Å². The molecule has 0 aliphatic heterocycles. The Balaban J connectivity index is 2.47. The zero-order valence-electron chi connectivity index (χ0n) is 9.06. The molecule has 1 aromatic rings. The summed E-state index contributed by atoms with van der Waals surface area (Å²) in [6.45, 7) is 0. The van der Waals surface area contributed by atoms with Crippen molar-refractivity contribution in [2.24, 2.45) is 5.16 Å². The van der Waals surface area contributed by atoms with E-state index in [1.807, 2.05) is 6.07 Å². The van der Waals surface area contributed by atoms with Gasteiger partial charge in [-0.15, -0.1) is 0 Å². The Hall–Kier alpha value is -1.84. The number of methoxy groups -OCH3 is 1. The number of fused-ring (bicyclic) bond motifs is 1. The lowest BCUT2D eigenvalue weighted by atomic mass is 10.0. The van der Waals surface area contributed by atoms with Crippen LogP contribution in [0.3, 0.4) is 0 Å². The molecule has 1 aromatic carbocycles. The fraction of sp³-hybridized carbons (Fsp3) is 0.333. The van der Waals surface area contributed by atoms with E-state index in [-0.39, 0.29) is 11.5 Å². The smallest absolute Gasteiger partial charge is 0.210 e. The minimum Gasteiger partial charge on any atom is -0.497 e. The minimum absolute atomic E-state index is 0.183. The summed E-state index contributed by atoms with van der Waals surface area (Å²) in [6, 6.07) is 5.34. The van der Waals surface area contributed by atoms with Crippen molar-refractivity contribution in [2.75, 3.05) is 7.11 Å². The third-order valence-corrected chi connectivity index (χ3v) is 2.80. The number of hydrogen-bond donors (Lipinski definition) is 1. The Kier molecular flexibility index (Phi) is 2.90. The predicted molar refractivity (Wildman–Crippen MR) is 59.5 cm³/mol. The molecular formula is C12H13NO3. The Bertz CT molecular complexity index is 452. The first kappa shape index (κ1) is 10.7. The molecule has 1 N–H and O–H groups in total. The van der Waals surface area contributed by atoms with Crippen LogP contribution in [0.4, 0.5) is 0 Å². The highest BCUT2D eigenvalue weighted by molar-refractivity contribution is 6.46. The van der Waals surface area contributed by atoms with Crippen LogP contribution in [0, 0.1) is 0 Å². The summed E-state index contributed by atoms with van der Waals surface area (Å²) >= 11 is 0. The van der Waals surface area contributed by atoms with Gasteiger partial charge in [0.2, 0.25) is 5.78 Å². The summed E-state index contributed by atoms with van der Waals surface area (Å²) in [5.41, 5.74) is 1.82. The van der Waals surface area contributed by atoms with Crippen LogP contribution in [0.25, 0.3) is 0 Å². The largest absolute Gasteiger partial charge is 0.497 e. The van der Waals surface area contributed by atoms with Crippen molar-refractivity contribution < 1.29 is 14.7 Å². The molecule has 0 amide bonds. The minimum atomic E-state index is -0.183. The molecule has 0 aromatic heterocycles. The summed E-state index contributed by atoms with van der Waals surface area (Å²) in [7, 11) is 1.60. The number of carbonyl (C=O) groups is 1. The number of ether oxygens (including phenoxy) is 1. The molecule has 4 nitrogen and oxygen atoms in total. The van der Waals surface area contributed by atoms with Gasteiger partial charge < -0.3 is 9.94 Å². The number of ketones is 1. The van der Waals surface area contributed by atoms with E-state index in [0.717, 1.165) is 24.2 Å². The number of aryl methyl sites for hydroxylation is 1. The number of carbonyl (C=O) groups excluding carboxylic acids is 1. The van der Waals surface area contributed by atoms with Gasteiger partial charge in [0.05, 0.1) is 7.11 Å². The second kappa shape index (κ2) is 4.35. The molecule has 0 unspecified atom stereocenters. The zero-order chi connectivity index (χ0) is 11.5. The lowest BCUT2D eigenvalue weighted by molar-refractivity contribution is 0.106. The number of oxime groups is 1. The van der Waals surface area contributed by atoms with E-state index in [1.54, 1.807) is 19.2 Å². The average Bonchev–Trinajstić information content (AvgIpc) is 2.48. The molecule has 0 radical (unpaired) electrons. The van der Waals surface area contributed by atoms with Crippen molar-refractivity contribution >= 4 is 11.5 Å². The van der Waals surface area contributed by atoms with E-state index in [9.17, 15) is 4.79 Å². The van der Waals surface area contributed by atoms with Crippen LogP contribution >= 0.6 is 0 Å². The molecule has 1 aliphatic rings. The van der Waals surface area contributed by atoms with Crippen LogP contribution in [0.15, 0.2) is 23.4 Å². The molecule has 0 fully saturated rings. The zero-order valence-corrected chi connectivity index (χ0v) is 9.06. The lowest BCUT2D eigenvalue weighted by Gasteiger charge is -2.06. The molecule has 84 valence electrons. The van der Waals surface area contributed by atoms with Gasteiger partial charge in [0, 0.05) is 5.56 Å². The number of rotatable bonds is 1. The van der Waals surface area contributed by atoms with Crippen molar-refractivity contribution in [1.82, 2.24) is 0 Å². The molecule has 0 spiro atoms. The molecule has 0 saturated carbocycles. The van der Waals surface area contributed by atoms with Crippen LogP contribution in [-0.4, -0.2) is 23.8 Å². The third kappa shape index (κ3) is 1.78. The summed E-state index contributed by atoms with van der Waals surface area (Å²) in [5.74, 6) is 0.564. The average molecular weight is 219 g/mol. The van der Waals surface area contributed by atoms with E-state index < -0.39 is 0 Å². The molecule has 16 heavy (non-hydrogen) atoms. The Labute approximate surface area is 93.5 Å². The Morgan fingerprint density at radius 1 is 1.38 bits per heavy atom. The first-order valence-electron chi connectivity index (χ1n) is 5.19. The normalized spacial score (nSPS) is 18.1. The van der Waals surface area contributed by atoms with E-state index in [1.165, 1.54) is 0 Å². The fourth-order valence-electron chi connectivity index (χ4n) is 1.94. The quantitative estimate of drug-likeness (QED) is 0.446. The molecular weight excluding hydrogens is 206 g/mol. The van der Waals surface area contributed by atoms with Crippen molar-refractivity contribution in [3.63, 3.8) is 0 Å². The van der Waals surface area contributed by atoms with Crippen molar-refractivity contribution in [3.8, 4) is 5.75 Å². The van der Waals surface area contributed by atoms with Gasteiger partial charge in [0.25, 0.3) is 0 Å². The first-order valence-corrected chi connectivity index (χ1v) is 5.19. The molecule has 0 heterocycles. The monoisotopic (exact) mass is 219 g/mol. The molecule has 1 aliphatic carbocycles. The standard InChI is InChI=1S/C12H13NO3/c1-16-9-5-6-10-8(7-9)3-2-4-11(13-15)12(10)14/h5-7,15H,2-4H2,1H3/b13-11+. The van der Waals surface area contributed by atoms with Crippen LogP contribution in [0.5, 0.6) is 5.75 Å². The lowest BCUT2D eigenvalue weighted by Crippen LogP contribution is -2.13. The SMILES string of the molecule is COc1ccc2c(c1)CCC/C(=N\O)C2=O. The van der Waals surface area contributed by atoms with E-state index in [4.69, 9.17) is 9.94 Å². The second-order valence-corrected chi connectivity index (χ2v) is 3.75. The van der Waals surface area contributed by atoms with Crippen molar-refractivity contribution in [2.45, 2.75) is 19.3 Å². The maximum atomic E-state index is 11.9. The van der Waals surface area contributed by atoms with Gasteiger partial charge in [-0.05, 0) is 43.0 Å². The van der Waals surface area contributed by atoms with Gasteiger partial charge in [-0.25, -0.2) is 0 Å². The molecule has 0 saturated heterocycles. The number of hydrogen-bond acceptors (Lipinski definition) is 4. The summed E-state index contributed by atoms with van der Waals surface area (Å²) < 4.78 is 5.12. The highest BCUT2D eigenvalue weighted by Crippen LogP contribution is 2.23.